The first-order chi connectivity index (χ1) is 21.7. The maximum atomic E-state index is 14.7. The molecular weight excluding hydrogens is 575 g/mol. The Labute approximate surface area is 259 Å². The Hall–Kier alpha value is -4.67. The van der Waals surface area contributed by atoms with Gasteiger partial charge in [0.1, 0.15) is 11.5 Å². The summed E-state index contributed by atoms with van der Waals surface area (Å²) in [6.45, 7) is 2.22. The Morgan fingerprint density at radius 2 is 1.80 bits per heavy atom. The fourth-order valence-electron chi connectivity index (χ4n) is 6.13. The van der Waals surface area contributed by atoms with Crippen LogP contribution in [0.25, 0.3) is 55.4 Å². The molecule has 0 atom stereocenters. The van der Waals surface area contributed by atoms with Gasteiger partial charge in [-0.2, -0.15) is 5.10 Å². The summed E-state index contributed by atoms with van der Waals surface area (Å²) >= 11 is 0. The number of aromatic amines is 2. The van der Waals surface area contributed by atoms with Crippen LogP contribution in [0.3, 0.4) is 0 Å². The molecule has 7 rings (SSSR count). The lowest BCUT2D eigenvalue weighted by molar-refractivity contribution is 0.0115. The highest BCUT2D eigenvalue weighted by atomic mass is 19.3. The largest absolute Gasteiger partial charge is 0.384 e. The van der Waals surface area contributed by atoms with Gasteiger partial charge in [-0.1, -0.05) is 24.3 Å². The fourth-order valence-corrected chi connectivity index (χ4v) is 6.13. The Balaban J connectivity index is 1.20. The SMILES string of the molecule is CN(C)CCNc1cc(F)cc(-c2cncc3[nH]c(-c4n[nH]c5ccc(-c6cccc(CN7CCC(F)(F)C7)c6)cc45)cc23)c1. The Kier molecular flexibility index (Phi) is 7.55. The number of H-pyrrole nitrogens is 2. The lowest BCUT2D eigenvalue weighted by Gasteiger charge is -2.16. The van der Waals surface area contributed by atoms with E-state index in [1.165, 1.54) is 12.1 Å². The lowest BCUT2D eigenvalue weighted by Crippen LogP contribution is -2.24. The van der Waals surface area contributed by atoms with Crippen molar-refractivity contribution in [3.63, 3.8) is 0 Å². The van der Waals surface area contributed by atoms with Crippen LogP contribution in [-0.2, 0) is 6.54 Å². The van der Waals surface area contributed by atoms with Gasteiger partial charge in [-0.05, 0) is 78.8 Å². The molecule has 1 aliphatic heterocycles. The quantitative estimate of drug-likeness (QED) is 0.159. The molecule has 3 aromatic heterocycles. The zero-order valence-electron chi connectivity index (χ0n) is 25.2. The van der Waals surface area contributed by atoms with Crippen molar-refractivity contribution in [1.29, 1.82) is 0 Å². The molecule has 10 heteroatoms. The summed E-state index contributed by atoms with van der Waals surface area (Å²) < 4.78 is 42.2. The minimum Gasteiger partial charge on any atom is -0.384 e. The van der Waals surface area contributed by atoms with Gasteiger partial charge in [0.15, 0.2) is 0 Å². The van der Waals surface area contributed by atoms with Gasteiger partial charge < -0.3 is 15.2 Å². The molecule has 3 aromatic carbocycles. The number of halogens is 3. The van der Waals surface area contributed by atoms with Crippen LogP contribution in [-0.4, -0.2) is 76.2 Å². The first kappa shape index (κ1) is 29.1. The van der Waals surface area contributed by atoms with E-state index in [-0.39, 0.29) is 18.8 Å². The van der Waals surface area contributed by atoms with Crippen molar-refractivity contribution in [2.75, 3.05) is 45.6 Å². The normalized spacial score (nSPS) is 15.1. The van der Waals surface area contributed by atoms with Crippen molar-refractivity contribution in [1.82, 2.24) is 30.0 Å². The van der Waals surface area contributed by atoms with Crippen LogP contribution in [0.15, 0.2) is 79.1 Å². The number of anilines is 1. The topological polar surface area (TPSA) is 75.9 Å². The highest BCUT2D eigenvalue weighted by Crippen LogP contribution is 2.36. The predicted octanol–water partition coefficient (Wildman–Crippen LogP) is 7.39. The highest BCUT2D eigenvalue weighted by molar-refractivity contribution is 6.01. The van der Waals surface area contributed by atoms with Crippen molar-refractivity contribution in [3.8, 4) is 33.6 Å². The molecule has 0 unspecified atom stereocenters. The first-order valence-electron chi connectivity index (χ1n) is 15.1. The number of pyridine rings is 1. The van der Waals surface area contributed by atoms with Gasteiger partial charge in [0, 0.05) is 60.8 Å². The molecule has 0 spiro atoms. The van der Waals surface area contributed by atoms with E-state index in [4.69, 9.17) is 0 Å². The minimum absolute atomic E-state index is 0.0878. The molecule has 45 heavy (non-hydrogen) atoms. The first-order valence-corrected chi connectivity index (χ1v) is 15.1. The third kappa shape index (κ3) is 6.16. The summed E-state index contributed by atoms with van der Waals surface area (Å²) in [4.78, 5) is 11.8. The second-order valence-corrected chi connectivity index (χ2v) is 12.1. The highest BCUT2D eigenvalue weighted by Gasteiger charge is 2.37. The summed E-state index contributed by atoms with van der Waals surface area (Å²) in [5.74, 6) is -2.93. The number of rotatable bonds is 9. The van der Waals surface area contributed by atoms with Crippen LogP contribution in [0.1, 0.15) is 12.0 Å². The van der Waals surface area contributed by atoms with Crippen molar-refractivity contribution in [3.05, 3.63) is 90.5 Å². The number of hydrogen-bond donors (Lipinski definition) is 3. The van der Waals surface area contributed by atoms with Gasteiger partial charge in [-0.3, -0.25) is 15.0 Å². The molecule has 3 N–H and O–H groups in total. The van der Waals surface area contributed by atoms with E-state index in [1.807, 2.05) is 61.5 Å². The average molecular weight is 610 g/mol. The molecule has 0 amide bonds. The maximum Gasteiger partial charge on any atom is 0.261 e. The van der Waals surface area contributed by atoms with Crippen molar-refractivity contribution >= 4 is 27.5 Å². The van der Waals surface area contributed by atoms with Gasteiger partial charge >= 0.3 is 0 Å². The van der Waals surface area contributed by atoms with Gasteiger partial charge in [-0.25, -0.2) is 13.2 Å². The number of alkyl halides is 2. The van der Waals surface area contributed by atoms with E-state index in [0.29, 0.717) is 25.3 Å². The second-order valence-electron chi connectivity index (χ2n) is 12.1. The van der Waals surface area contributed by atoms with E-state index < -0.39 is 5.92 Å². The van der Waals surface area contributed by atoms with Gasteiger partial charge in [0.05, 0.1) is 29.5 Å². The van der Waals surface area contributed by atoms with Gasteiger partial charge in [0.25, 0.3) is 5.92 Å². The third-order valence-electron chi connectivity index (χ3n) is 8.38. The number of aromatic nitrogens is 4. The van der Waals surface area contributed by atoms with E-state index in [0.717, 1.165) is 67.6 Å². The summed E-state index contributed by atoms with van der Waals surface area (Å²) in [7, 11) is 4.00. The summed E-state index contributed by atoms with van der Waals surface area (Å²) in [6, 6.07) is 21.2. The molecule has 4 heterocycles. The number of fused-ring (bicyclic) bond motifs is 2. The smallest absolute Gasteiger partial charge is 0.261 e. The molecule has 1 saturated heterocycles. The van der Waals surface area contributed by atoms with E-state index in [2.05, 4.69) is 42.5 Å². The van der Waals surface area contributed by atoms with Crippen LogP contribution < -0.4 is 5.32 Å². The van der Waals surface area contributed by atoms with Crippen molar-refractivity contribution in [2.45, 2.75) is 18.9 Å². The summed E-state index contributed by atoms with van der Waals surface area (Å²) in [5.41, 5.74) is 8.57. The van der Waals surface area contributed by atoms with Crippen LogP contribution in [0.4, 0.5) is 18.9 Å². The molecule has 0 bridgehead atoms. The summed E-state index contributed by atoms with van der Waals surface area (Å²) in [5, 5.41) is 13.0. The van der Waals surface area contributed by atoms with Crippen LogP contribution in [0.2, 0.25) is 0 Å². The van der Waals surface area contributed by atoms with E-state index in [1.54, 1.807) is 12.4 Å². The Morgan fingerprint density at radius 1 is 0.933 bits per heavy atom. The zero-order valence-corrected chi connectivity index (χ0v) is 25.2. The van der Waals surface area contributed by atoms with Crippen LogP contribution >= 0.6 is 0 Å². The number of nitrogens with one attached hydrogen (secondary N) is 3. The molecule has 0 saturated carbocycles. The molecule has 1 aliphatic rings. The number of nitrogens with zero attached hydrogens (tertiary/aromatic N) is 4. The van der Waals surface area contributed by atoms with Crippen LogP contribution in [0, 0.1) is 5.82 Å². The number of likely N-dealkylation sites (N-methyl/N-ethyl adjacent to an activating group) is 1. The fraction of sp³-hybridized carbons (Fsp3) is 0.257. The molecule has 1 fully saturated rings. The van der Waals surface area contributed by atoms with E-state index >= 15 is 0 Å². The molecule has 0 radical (unpaired) electrons. The minimum atomic E-state index is -2.61. The van der Waals surface area contributed by atoms with Gasteiger partial charge in [0.2, 0.25) is 0 Å². The average Bonchev–Trinajstić information content (AvgIpc) is 3.72. The summed E-state index contributed by atoms with van der Waals surface area (Å²) in [6.07, 6.45) is 3.44. The zero-order chi connectivity index (χ0) is 31.1. The number of hydrogen-bond acceptors (Lipinski definition) is 5. The number of benzene rings is 3. The Bertz CT molecular complexity index is 1990. The van der Waals surface area contributed by atoms with Crippen molar-refractivity contribution in [2.24, 2.45) is 0 Å². The third-order valence-corrected chi connectivity index (χ3v) is 8.38. The monoisotopic (exact) mass is 609 g/mol. The second kappa shape index (κ2) is 11.7. The van der Waals surface area contributed by atoms with Gasteiger partial charge in [-0.15, -0.1) is 0 Å². The Morgan fingerprint density at radius 3 is 2.62 bits per heavy atom. The molecule has 6 aromatic rings. The molecular formula is C35H34F3N7. The molecule has 230 valence electrons. The predicted molar refractivity (Wildman–Crippen MR) is 174 cm³/mol. The van der Waals surface area contributed by atoms with Crippen LogP contribution in [0.5, 0.6) is 0 Å². The molecule has 0 aliphatic carbocycles. The van der Waals surface area contributed by atoms with E-state index in [9.17, 15) is 13.2 Å². The number of likely N-dealkylation sites (tertiary alicyclic amines) is 1. The lowest BCUT2D eigenvalue weighted by atomic mass is 10.00. The maximum absolute atomic E-state index is 14.7. The standard InChI is InChI=1S/C35H34F3N7/c1-44(2)11-9-40-27-14-25(13-26(36)16-27)30-18-39-19-33-28(30)17-32(41-33)34-29-15-24(6-7-31(29)42-43-34)23-5-3-4-22(12-23)20-45-10-8-35(37,38)21-45/h3-7,12-19,40-41H,8-11,20-21H2,1-2H3,(H,42,43). The molecule has 7 nitrogen and oxygen atoms in total. The van der Waals surface area contributed by atoms with Crippen molar-refractivity contribution < 1.29 is 13.2 Å².